The summed E-state index contributed by atoms with van der Waals surface area (Å²) >= 11 is 0. The number of rotatable bonds is 12. The lowest BCUT2D eigenvalue weighted by Crippen LogP contribution is -2.48. The highest BCUT2D eigenvalue weighted by molar-refractivity contribution is 6.02. The van der Waals surface area contributed by atoms with Gasteiger partial charge >= 0.3 is 5.92 Å². The molecule has 3 heterocycles. The van der Waals surface area contributed by atoms with Gasteiger partial charge in [0.05, 0.1) is 50.4 Å². The van der Waals surface area contributed by atoms with Crippen LogP contribution in [-0.2, 0) is 9.53 Å². The highest BCUT2D eigenvalue weighted by Crippen LogP contribution is 2.40. The number of aromatic nitrogens is 2. The number of aliphatic hydroxyl groups excluding tert-OH is 1. The largest absolute Gasteiger partial charge is 0.495 e. The Morgan fingerprint density at radius 3 is 2.57 bits per heavy atom. The van der Waals surface area contributed by atoms with Gasteiger partial charge in [0.2, 0.25) is 5.95 Å². The molecule has 15 heteroatoms. The van der Waals surface area contributed by atoms with E-state index in [1.807, 2.05) is 6.92 Å². The van der Waals surface area contributed by atoms with Crippen molar-refractivity contribution in [2.75, 3.05) is 68.7 Å². The molecule has 3 aliphatic rings. The molecule has 1 aliphatic carbocycles. The molecule has 0 spiro atoms. The van der Waals surface area contributed by atoms with Gasteiger partial charge in [-0.05, 0) is 38.2 Å². The summed E-state index contributed by atoms with van der Waals surface area (Å²) in [6.07, 6.45) is 6.44. The Labute approximate surface area is 272 Å². The fourth-order valence-corrected chi connectivity index (χ4v) is 6.43. The number of hydrogen-bond acceptors (Lipinski definition) is 10. The molecule has 1 atom stereocenters. The average molecular weight is 664 g/mol. The summed E-state index contributed by atoms with van der Waals surface area (Å²) in [5, 5.41) is 15.1. The summed E-state index contributed by atoms with van der Waals surface area (Å²) < 4.78 is 56.4. The number of carbonyl (C=O) groups is 2. The van der Waals surface area contributed by atoms with E-state index in [0.717, 1.165) is 49.9 Å². The number of benzene rings is 1. The summed E-state index contributed by atoms with van der Waals surface area (Å²) in [6, 6.07) is 2.07. The van der Waals surface area contributed by atoms with Crippen LogP contribution in [0.4, 0.5) is 36.3 Å². The fraction of sp³-hybridized carbons (Fsp3) is 0.625. The first-order valence-corrected chi connectivity index (χ1v) is 16.2. The number of methoxy groups -OCH3 is 1. The van der Waals surface area contributed by atoms with Crippen molar-refractivity contribution in [2.45, 2.75) is 76.0 Å². The molecule has 1 aromatic carbocycles. The fourth-order valence-electron chi connectivity index (χ4n) is 6.43. The topological polar surface area (TPSA) is 132 Å². The van der Waals surface area contributed by atoms with Crippen molar-refractivity contribution in [1.29, 1.82) is 0 Å². The van der Waals surface area contributed by atoms with Crippen LogP contribution in [0.1, 0.15) is 62.2 Å². The molecule has 1 aromatic heterocycles. The van der Waals surface area contributed by atoms with Crippen LogP contribution >= 0.6 is 0 Å². The van der Waals surface area contributed by atoms with Crippen molar-refractivity contribution in [2.24, 2.45) is 0 Å². The Hall–Kier alpha value is -3.69. The number of aliphatic hydroxyl groups is 1. The van der Waals surface area contributed by atoms with E-state index in [9.17, 15) is 23.5 Å². The third-order valence-electron chi connectivity index (χ3n) is 9.26. The number of piperidine rings is 1. The number of nitrogens with one attached hydrogen (secondary N) is 2. The lowest BCUT2D eigenvalue weighted by atomic mass is 10.0. The van der Waals surface area contributed by atoms with Gasteiger partial charge in [-0.1, -0.05) is 19.8 Å². The maximum Gasteiger partial charge on any atom is 0.342 e. The number of carbonyl (C=O) groups excluding carboxylic acids is 2. The molecule has 5 rings (SSSR count). The van der Waals surface area contributed by atoms with E-state index in [0.29, 0.717) is 32.3 Å². The van der Waals surface area contributed by atoms with Crippen LogP contribution in [0.25, 0.3) is 0 Å². The quantitative estimate of drug-likeness (QED) is 0.309. The van der Waals surface area contributed by atoms with E-state index in [2.05, 4.69) is 25.5 Å². The third-order valence-corrected chi connectivity index (χ3v) is 9.26. The molecule has 2 fully saturated rings. The normalized spacial score (nSPS) is 19.8. The molecule has 12 nitrogen and oxygen atoms in total. The molecule has 2 amide bonds. The molecule has 0 radical (unpaired) electrons. The van der Waals surface area contributed by atoms with Crippen molar-refractivity contribution >= 4 is 35.0 Å². The van der Waals surface area contributed by atoms with Gasteiger partial charge in [0.15, 0.2) is 5.82 Å². The summed E-state index contributed by atoms with van der Waals surface area (Å²) in [5.41, 5.74) is 0.107. The average Bonchev–Trinajstić information content (AvgIpc) is 3.59. The van der Waals surface area contributed by atoms with Gasteiger partial charge in [-0.2, -0.15) is 13.8 Å². The zero-order valence-corrected chi connectivity index (χ0v) is 27.1. The Balaban J connectivity index is 1.27. The molecule has 47 heavy (non-hydrogen) atoms. The molecule has 0 bridgehead atoms. The molecule has 258 valence electrons. The Bertz CT molecular complexity index is 1420. The number of alkyl halides is 2. The second-order valence-electron chi connectivity index (χ2n) is 12.4. The minimum atomic E-state index is -3.61. The van der Waals surface area contributed by atoms with E-state index in [4.69, 9.17) is 9.47 Å². The van der Waals surface area contributed by atoms with Crippen molar-refractivity contribution in [1.82, 2.24) is 20.2 Å². The minimum absolute atomic E-state index is 0.00530. The van der Waals surface area contributed by atoms with Crippen molar-refractivity contribution < 1.29 is 37.3 Å². The van der Waals surface area contributed by atoms with Crippen LogP contribution in [-0.4, -0.2) is 109 Å². The summed E-state index contributed by atoms with van der Waals surface area (Å²) in [6.45, 7) is 3.90. The van der Waals surface area contributed by atoms with Crippen molar-refractivity contribution in [3.05, 3.63) is 29.7 Å². The van der Waals surface area contributed by atoms with Crippen LogP contribution in [0.2, 0.25) is 0 Å². The lowest BCUT2D eigenvalue weighted by Gasteiger charge is -2.32. The van der Waals surface area contributed by atoms with Gasteiger partial charge in [0, 0.05) is 44.8 Å². The van der Waals surface area contributed by atoms with Crippen molar-refractivity contribution in [3.63, 3.8) is 0 Å². The Morgan fingerprint density at radius 2 is 1.91 bits per heavy atom. The molecule has 1 unspecified atom stereocenters. The van der Waals surface area contributed by atoms with E-state index < -0.39 is 30.1 Å². The van der Waals surface area contributed by atoms with E-state index >= 15 is 4.39 Å². The molecule has 1 saturated carbocycles. The Morgan fingerprint density at radius 1 is 1.19 bits per heavy atom. The van der Waals surface area contributed by atoms with E-state index in [1.165, 1.54) is 31.3 Å². The third kappa shape index (κ3) is 7.90. The van der Waals surface area contributed by atoms with Gasteiger partial charge in [0.25, 0.3) is 11.8 Å². The van der Waals surface area contributed by atoms with Gasteiger partial charge in [0.1, 0.15) is 17.3 Å². The molecular weight excluding hydrogens is 619 g/mol. The molecule has 1 saturated heterocycles. The molecule has 2 aromatic rings. The number of amides is 2. The first-order chi connectivity index (χ1) is 22.5. The van der Waals surface area contributed by atoms with E-state index in [1.54, 1.807) is 0 Å². The van der Waals surface area contributed by atoms with E-state index in [-0.39, 0.29) is 59.2 Å². The SMILES string of the molecule is CCC(CO)OCCN1CCC(NC(=O)c2cc(OC)c(Nc3ncc4c(n3)N(C3CCCC3)CC(F)(F)C(=O)N4C)cc2F)CC1. The lowest BCUT2D eigenvalue weighted by molar-refractivity contribution is -0.140. The minimum Gasteiger partial charge on any atom is -0.495 e. The highest BCUT2D eigenvalue weighted by atomic mass is 19.3. The number of hydrogen-bond donors (Lipinski definition) is 3. The number of nitrogens with zero attached hydrogens (tertiary/aromatic N) is 5. The van der Waals surface area contributed by atoms with Gasteiger partial charge in [-0.15, -0.1) is 0 Å². The smallest absolute Gasteiger partial charge is 0.342 e. The van der Waals surface area contributed by atoms with Crippen LogP contribution in [0, 0.1) is 5.82 Å². The predicted molar refractivity (Wildman–Crippen MR) is 170 cm³/mol. The zero-order valence-electron chi connectivity index (χ0n) is 27.1. The van der Waals surface area contributed by atoms with Crippen LogP contribution in [0.15, 0.2) is 18.3 Å². The predicted octanol–water partition coefficient (Wildman–Crippen LogP) is 3.71. The molecule has 2 aliphatic heterocycles. The van der Waals surface area contributed by atoms with Crippen molar-refractivity contribution in [3.8, 4) is 5.75 Å². The first kappa shape index (κ1) is 34.6. The monoisotopic (exact) mass is 663 g/mol. The number of halogens is 3. The number of likely N-dealkylation sites (tertiary alicyclic amines) is 1. The maximum absolute atomic E-state index is 15.4. The maximum atomic E-state index is 15.4. The van der Waals surface area contributed by atoms with Gasteiger partial charge in [-0.25, -0.2) is 9.37 Å². The number of ether oxygens (including phenoxy) is 2. The first-order valence-electron chi connectivity index (χ1n) is 16.2. The second kappa shape index (κ2) is 15.0. The standard InChI is InChI=1S/C32H44F3N7O5/c1-4-22(18-43)47-14-13-41-11-9-20(10-12-41)37-29(44)23-15-27(46-3)25(16-24(23)33)38-31-36-17-26-28(39-31)42(21-7-5-6-8-21)19-32(34,35)30(45)40(26)2/h15-17,20-22,43H,4-14,18-19H2,1-3H3,(H,37,44)(H,36,38,39). The summed E-state index contributed by atoms with van der Waals surface area (Å²) in [4.78, 5) is 39.0. The molecular formula is C32H44F3N7O5. The number of fused-ring (bicyclic) bond motifs is 1. The zero-order chi connectivity index (χ0) is 33.7. The Kier molecular flexibility index (Phi) is 11.1. The highest BCUT2D eigenvalue weighted by Gasteiger charge is 2.48. The molecule has 3 N–H and O–H groups in total. The van der Waals surface area contributed by atoms with Crippen LogP contribution in [0.3, 0.4) is 0 Å². The number of anilines is 4. The van der Waals surface area contributed by atoms with Crippen LogP contribution in [0.5, 0.6) is 5.75 Å². The summed E-state index contributed by atoms with van der Waals surface area (Å²) in [7, 11) is 2.65. The van der Waals surface area contributed by atoms with Gasteiger partial charge < -0.3 is 39.9 Å². The van der Waals surface area contributed by atoms with Crippen LogP contribution < -0.4 is 25.2 Å². The second-order valence-corrected chi connectivity index (χ2v) is 12.4. The summed E-state index contributed by atoms with van der Waals surface area (Å²) in [5.74, 6) is -5.96. The van der Waals surface area contributed by atoms with Gasteiger partial charge in [-0.3, -0.25) is 9.59 Å².